The Bertz CT molecular complexity index is 206. The average Bonchev–Trinajstić information content (AvgIpc) is 2.29. The fourth-order valence-electron chi connectivity index (χ4n) is 1.20. The van der Waals surface area contributed by atoms with Crippen molar-refractivity contribution in [2.75, 3.05) is 39.3 Å². The fourth-order valence-corrected chi connectivity index (χ4v) is 1.20. The van der Waals surface area contributed by atoms with Crippen molar-refractivity contribution in [1.29, 1.82) is 0 Å². The second-order valence-corrected chi connectivity index (χ2v) is 5.03. The molecule has 15 heteroatoms. The molecule has 0 amide bonds. The average molecular weight is 408 g/mol. The number of nitrogens with one attached hydrogen (secondary N) is 2. The molecule has 25 heavy (non-hydrogen) atoms. The van der Waals surface area contributed by atoms with E-state index >= 15 is 0 Å². The van der Waals surface area contributed by atoms with Crippen molar-refractivity contribution >= 4 is 7.82 Å². The second kappa shape index (κ2) is 39.0. The first-order chi connectivity index (χ1) is 8.91. The van der Waals surface area contributed by atoms with Crippen LogP contribution in [-0.4, -0.2) is 86.8 Å². The Hall–Kier alpha value is -0.290. The molecule has 0 aromatic heterocycles. The van der Waals surface area contributed by atoms with Crippen LogP contribution in [-0.2, 0) is 4.57 Å². The molecule has 0 heterocycles. The maximum Gasteiger partial charge on any atom is 0.466 e. The highest BCUT2D eigenvalue weighted by Crippen LogP contribution is 2.25. The zero-order valence-electron chi connectivity index (χ0n) is 14.4. The van der Waals surface area contributed by atoms with Crippen LogP contribution in [0, 0.1) is 0 Å². The van der Waals surface area contributed by atoms with E-state index in [4.69, 9.17) is 30.7 Å². The molecule has 0 radical (unpaired) electrons. The van der Waals surface area contributed by atoms with Gasteiger partial charge in [0, 0.05) is 0 Å². The summed E-state index contributed by atoms with van der Waals surface area (Å²) in [6.45, 7) is 5.90. The second-order valence-electron chi connectivity index (χ2n) is 4.00. The van der Waals surface area contributed by atoms with E-state index < -0.39 is 7.82 Å². The summed E-state index contributed by atoms with van der Waals surface area (Å²) in [6.07, 6.45) is 4.63. The molecule has 0 aliphatic carbocycles. The third-order valence-electron chi connectivity index (χ3n) is 2.07. The molecule has 0 unspecified atom stereocenters. The lowest BCUT2D eigenvalue weighted by Crippen LogP contribution is -2.22. The van der Waals surface area contributed by atoms with Crippen molar-refractivity contribution in [3.05, 3.63) is 0 Å². The maximum atomic E-state index is 8.88. The molecule has 0 saturated heterocycles. The van der Waals surface area contributed by atoms with Crippen LogP contribution in [0.3, 0.4) is 0 Å². The van der Waals surface area contributed by atoms with Gasteiger partial charge in [0.05, 0.1) is 0 Å². The topological polar surface area (TPSA) is 343 Å². The Kier molecular flexibility index (Phi) is 77.6. The highest BCUT2D eigenvalue weighted by Gasteiger charge is 2.00. The molecule has 0 aliphatic heterocycles. The summed E-state index contributed by atoms with van der Waals surface area (Å²) in [5.41, 5.74) is 10.8. The predicted octanol–water partition coefficient (Wildman–Crippen LogP) is -6.23. The van der Waals surface area contributed by atoms with Gasteiger partial charge in [0.1, 0.15) is 0 Å². The maximum absolute atomic E-state index is 8.88. The van der Waals surface area contributed by atoms with Crippen LogP contribution < -0.4 is 22.1 Å². The number of hydrogen-bond acceptors (Lipinski definition) is 5. The Morgan fingerprint density at radius 2 is 0.800 bits per heavy atom. The van der Waals surface area contributed by atoms with E-state index in [9.17, 15) is 0 Å². The highest BCUT2D eigenvalue weighted by molar-refractivity contribution is 7.45. The lowest BCUT2D eigenvalue weighted by atomic mass is 10.3. The minimum absolute atomic E-state index is 0. The van der Waals surface area contributed by atoms with Gasteiger partial charge in [0.25, 0.3) is 0 Å². The van der Waals surface area contributed by atoms with E-state index in [1.54, 1.807) is 0 Å². The van der Waals surface area contributed by atoms with Gasteiger partial charge >= 0.3 is 7.82 Å². The largest absolute Gasteiger partial charge is 0.466 e. The molecule has 0 bridgehead atoms. The van der Waals surface area contributed by atoms with Crippen molar-refractivity contribution in [3.8, 4) is 0 Å². The van der Waals surface area contributed by atoms with E-state index in [1.165, 1.54) is 12.8 Å². The molecular weight excluding hydrogens is 367 g/mol. The zero-order chi connectivity index (χ0) is 15.0. The van der Waals surface area contributed by atoms with Gasteiger partial charge < -0.3 is 69.6 Å². The number of rotatable bonds is 11. The molecule has 0 rings (SSSR count). The predicted molar refractivity (Wildman–Crippen MR) is 98.3 cm³/mol. The van der Waals surface area contributed by atoms with Crippen molar-refractivity contribution in [2.24, 2.45) is 11.5 Å². The van der Waals surface area contributed by atoms with Gasteiger partial charge in [-0.05, 0) is 65.0 Å². The normalized spacial score (nSPS) is 8.36. The minimum atomic E-state index is -4.64. The first-order valence-corrected chi connectivity index (χ1v) is 8.08. The van der Waals surface area contributed by atoms with Crippen LogP contribution in [0.2, 0.25) is 0 Å². The van der Waals surface area contributed by atoms with Gasteiger partial charge in [-0.3, -0.25) is 0 Å². The van der Waals surface area contributed by atoms with Crippen LogP contribution in [0.5, 0.6) is 0 Å². The van der Waals surface area contributed by atoms with Gasteiger partial charge in [-0.2, -0.15) is 0 Å². The molecule has 21 N–H and O–H groups in total. The molecule has 0 spiro atoms. The summed E-state index contributed by atoms with van der Waals surface area (Å²) in [4.78, 5) is 21.6. The van der Waals surface area contributed by atoms with E-state index in [1.807, 2.05) is 0 Å². The van der Waals surface area contributed by atoms with Crippen molar-refractivity contribution in [2.45, 2.75) is 25.7 Å². The molecule has 166 valence electrons. The molecule has 0 fully saturated rings. The van der Waals surface area contributed by atoms with Gasteiger partial charge in [-0.25, -0.2) is 4.57 Å². The Labute approximate surface area is 148 Å². The third kappa shape index (κ3) is 97.4. The van der Waals surface area contributed by atoms with Gasteiger partial charge in [0.2, 0.25) is 0 Å². The van der Waals surface area contributed by atoms with Crippen molar-refractivity contribution in [3.63, 3.8) is 0 Å². The van der Waals surface area contributed by atoms with Gasteiger partial charge in [-0.15, -0.1) is 0 Å². The summed E-state index contributed by atoms with van der Waals surface area (Å²) in [5, 5.41) is 6.72. The first-order valence-electron chi connectivity index (χ1n) is 6.51. The number of unbranched alkanes of at least 4 members (excludes halogenated alkanes) is 1. The monoisotopic (exact) mass is 408 g/mol. The van der Waals surface area contributed by atoms with Crippen molar-refractivity contribution in [1.82, 2.24) is 10.6 Å². The Morgan fingerprint density at radius 3 is 1.00 bits per heavy atom. The third-order valence-corrected chi connectivity index (χ3v) is 2.07. The zero-order valence-corrected chi connectivity index (χ0v) is 15.3. The molecule has 0 atom stereocenters. The molecule has 0 saturated carbocycles. The Morgan fingerprint density at radius 1 is 0.600 bits per heavy atom. The van der Waals surface area contributed by atoms with E-state index in [0.717, 1.165) is 52.1 Å². The number of hydrogen-bond donors (Lipinski definition) is 7. The van der Waals surface area contributed by atoms with Crippen molar-refractivity contribution < 1.29 is 52.1 Å². The molecule has 0 aromatic carbocycles. The van der Waals surface area contributed by atoms with Gasteiger partial charge in [0.15, 0.2) is 0 Å². The standard InChI is InChI=1S/C10H26N4.H3O4P.6H2O/c11-5-3-9-13-7-1-2-8-14-10-4-6-12;1-5(2,3)4;;;;;;/h13-14H,1-12H2;(H3,1,2,3,4);6*1H2. The molecular formula is C10H41N4O10P. The van der Waals surface area contributed by atoms with E-state index in [-0.39, 0.29) is 32.9 Å². The summed E-state index contributed by atoms with van der Waals surface area (Å²) in [7, 11) is -4.64. The van der Waals surface area contributed by atoms with E-state index in [0.29, 0.717) is 0 Å². The van der Waals surface area contributed by atoms with Crippen LogP contribution in [0.15, 0.2) is 0 Å². The smallest absolute Gasteiger partial charge is 0.412 e. The number of nitrogens with two attached hydrogens (primary N) is 2. The lowest BCUT2D eigenvalue weighted by Gasteiger charge is -2.04. The van der Waals surface area contributed by atoms with Crippen LogP contribution in [0.25, 0.3) is 0 Å². The minimum Gasteiger partial charge on any atom is -0.412 e. The van der Waals surface area contributed by atoms with E-state index in [2.05, 4.69) is 10.6 Å². The fraction of sp³-hybridized carbons (Fsp3) is 1.00. The van der Waals surface area contributed by atoms with Crippen LogP contribution in [0.4, 0.5) is 0 Å². The Balaban J connectivity index is -0.0000000392. The summed E-state index contributed by atoms with van der Waals surface area (Å²) < 4.78 is 8.88. The lowest BCUT2D eigenvalue weighted by molar-refractivity contribution is 0.275. The molecule has 14 nitrogen and oxygen atoms in total. The van der Waals surface area contributed by atoms with Gasteiger partial charge in [-0.1, -0.05) is 0 Å². The SMILES string of the molecule is NCCCNCCCCNCCCN.O.O.O.O.O.O.O=P(O)(O)O. The quantitative estimate of drug-likeness (QED) is 0.127. The summed E-state index contributed by atoms with van der Waals surface area (Å²) in [5.74, 6) is 0. The van der Waals surface area contributed by atoms with Crippen LogP contribution in [0.1, 0.15) is 25.7 Å². The highest BCUT2D eigenvalue weighted by atomic mass is 31.2. The summed E-state index contributed by atoms with van der Waals surface area (Å²) in [6, 6.07) is 0. The molecule has 0 aromatic rings. The molecule has 0 aliphatic rings. The number of phosphoric acid groups is 1. The van der Waals surface area contributed by atoms with Crippen LogP contribution >= 0.6 is 7.82 Å². The first kappa shape index (κ1) is 49.7. The summed E-state index contributed by atoms with van der Waals surface area (Å²) >= 11 is 0.